The van der Waals surface area contributed by atoms with E-state index < -0.39 is 94.4 Å². The standard InChI is InChI=1S/3C6F5.C4H8O2.Al/c3*7-2-1-3(8)5(10)6(11)4(2)9;1-3(2)4(5)6;/h;;;3H,1-2H3,(H,5,6);/p-1. The van der Waals surface area contributed by atoms with E-state index in [1.807, 2.05) is 0 Å². The minimum Gasteiger partial charge on any atom is -0.550 e. The summed E-state index contributed by atoms with van der Waals surface area (Å²) in [7, 11) is 0. The minimum atomic E-state index is -2.17. The highest BCUT2D eigenvalue weighted by Crippen LogP contribution is 2.37. The first-order valence-electron chi connectivity index (χ1n) is 9.19. The summed E-state index contributed by atoms with van der Waals surface area (Å²) < 4.78 is 180. The lowest BCUT2D eigenvalue weighted by molar-refractivity contribution is -0.310. The van der Waals surface area contributed by atoms with Crippen molar-refractivity contribution in [1.82, 2.24) is 0 Å². The first-order chi connectivity index (χ1) is 17.8. The second kappa shape index (κ2) is 16.7. The molecule has 0 N–H and O–H groups in total. The van der Waals surface area contributed by atoms with E-state index in [1.54, 1.807) is 13.8 Å². The second-order valence-electron chi connectivity index (χ2n) is 6.56. The lowest BCUT2D eigenvalue weighted by Crippen LogP contribution is -2.27. The van der Waals surface area contributed by atoms with Crippen LogP contribution in [-0.2, 0) is 4.79 Å². The summed E-state index contributed by atoms with van der Waals surface area (Å²) in [5.74, 6) is -25.3. The third-order valence-corrected chi connectivity index (χ3v) is 3.44. The van der Waals surface area contributed by atoms with Crippen LogP contribution in [0.5, 0.6) is 0 Å². The van der Waals surface area contributed by atoms with Gasteiger partial charge in [-0.1, -0.05) is 13.8 Å². The zero-order valence-corrected chi connectivity index (χ0v) is 20.3. The average Bonchev–Trinajstić information content (AvgIpc) is 2.87. The van der Waals surface area contributed by atoms with E-state index in [0.717, 1.165) is 17.2 Å². The van der Waals surface area contributed by atoms with Crippen molar-refractivity contribution in [3.05, 3.63) is 106 Å². The zero-order valence-electron chi connectivity index (χ0n) is 19.1. The molecule has 0 spiro atoms. The molecule has 216 valence electrons. The Kier molecular flexibility index (Phi) is 16.3. The number of carboxylic acids is 1. The van der Waals surface area contributed by atoms with Crippen LogP contribution >= 0.6 is 0 Å². The molecular weight excluding hydrogens is 608 g/mol. The molecule has 40 heavy (non-hydrogen) atoms. The summed E-state index contributed by atoms with van der Waals surface area (Å²) in [6.45, 7) is 3.16. The minimum absolute atomic E-state index is 0. The Morgan fingerprint density at radius 2 is 0.650 bits per heavy atom. The molecule has 0 fully saturated rings. The number of halogens is 15. The molecule has 0 heterocycles. The fourth-order valence-electron chi connectivity index (χ4n) is 1.49. The van der Waals surface area contributed by atoms with Gasteiger partial charge in [-0.3, -0.25) is 0 Å². The van der Waals surface area contributed by atoms with Crippen LogP contribution in [0, 0.1) is 24.4 Å². The van der Waals surface area contributed by atoms with Gasteiger partial charge in [-0.05, 0) is 23.1 Å². The molecule has 3 aliphatic carbocycles. The second-order valence-corrected chi connectivity index (χ2v) is 6.56. The van der Waals surface area contributed by atoms with Crippen molar-refractivity contribution in [1.29, 1.82) is 0 Å². The highest BCUT2D eigenvalue weighted by Gasteiger charge is 2.32. The summed E-state index contributed by atoms with van der Waals surface area (Å²) in [6, 6.07) is 0. The predicted molar refractivity (Wildman–Crippen MR) is 105 cm³/mol. The third-order valence-electron chi connectivity index (χ3n) is 3.44. The van der Waals surface area contributed by atoms with Crippen LogP contribution in [0.4, 0.5) is 65.9 Å². The predicted octanol–water partition coefficient (Wildman–Crippen LogP) is 7.88. The molecule has 0 unspecified atom stereocenters. The van der Waals surface area contributed by atoms with Crippen LogP contribution in [-0.4, -0.2) is 23.3 Å². The van der Waals surface area contributed by atoms with Gasteiger partial charge in [0.1, 0.15) is 0 Å². The Hall–Kier alpha value is -3.27. The molecule has 0 aromatic carbocycles. The summed E-state index contributed by atoms with van der Waals surface area (Å²) in [5.41, 5.74) is 3.07. The molecule has 3 aliphatic rings. The molecule has 0 aromatic rings. The van der Waals surface area contributed by atoms with Crippen molar-refractivity contribution in [3.8, 4) is 0 Å². The maximum absolute atomic E-state index is 12.0. The highest BCUT2D eigenvalue weighted by atomic mass is 27.0. The van der Waals surface area contributed by atoms with E-state index in [1.165, 1.54) is 0 Å². The Balaban J connectivity index is 0. The summed E-state index contributed by atoms with van der Waals surface area (Å²) in [6.07, 6.45) is -6.20. The normalized spacial score (nSPS) is 17.9. The monoisotopic (exact) mass is 615 g/mol. The number of hydrogen-bond acceptors (Lipinski definition) is 2. The van der Waals surface area contributed by atoms with Crippen LogP contribution in [0.1, 0.15) is 13.8 Å². The van der Waals surface area contributed by atoms with Gasteiger partial charge in [-0.25, -0.2) is 26.3 Å². The van der Waals surface area contributed by atoms with E-state index in [4.69, 9.17) is 0 Å². The van der Waals surface area contributed by atoms with Gasteiger partial charge in [0.05, 0.1) is 0 Å². The Morgan fingerprint density at radius 1 is 0.475 bits per heavy atom. The first-order valence-corrected chi connectivity index (χ1v) is 9.19. The number of allylic oxidation sites excluding steroid dienone is 9. The van der Waals surface area contributed by atoms with E-state index in [0.29, 0.717) is 0 Å². The van der Waals surface area contributed by atoms with Gasteiger partial charge in [0.25, 0.3) is 18.5 Å². The smallest absolute Gasteiger partial charge is 0.270 e. The largest absolute Gasteiger partial charge is 0.550 e. The number of aliphatic carboxylic acids is 1. The van der Waals surface area contributed by atoms with Crippen molar-refractivity contribution >= 4 is 23.3 Å². The lowest BCUT2D eigenvalue weighted by atomic mass is 10.2. The SMILES string of the molecule is CC(C)C(=O)[O-].F[C]1C(F)=C=C(F)C(F)=C1F.F[C]1C(F)=C=C(F)C(F)=C1F.F[C]1C(F)=C=C(F)C(F)=C1F.[Al]. The van der Waals surface area contributed by atoms with Crippen LogP contribution in [0.15, 0.2) is 87.1 Å². The number of rotatable bonds is 1. The van der Waals surface area contributed by atoms with E-state index in [2.05, 4.69) is 0 Å². The Bertz CT molecular complexity index is 1150. The highest BCUT2D eigenvalue weighted by molar-refractivity contribution is 5.75. The van der Waals surface area contributed by atoms with Gasteiger partial charge in [-0.2, -0.15) is 39.5 Å². The topological polar surface area (TPSA) is 40.1 Å². The third kappa shape index (κ3) is 10.7. The van der Waals surface area contributed by atoms with E-state index in [-0.39, 0.29) is 23.3 Å². The fraction of sp³-hybridized carbons (Fsp3) is 0.136. The van der Waals surface area contributed by atoms with Gasteiger partial charge in [-0.15, -0.1) is 0 Å². The quantitative estimate of drug-likeness (QED) is 0.171. The fourth-order valence-corrected chi connectivity index (χ4v) is 1.49. The molecule has 0 saturated heterocycles. The van der Waals surface area contributed by atoms with Gasteiger partial charge in [0.15, 0.2) is 35.0 Å². The maximum atomic E-state index is 12.0. The van der Waals surface area contributed by atoms with Crippen LogP contribution < -0.4 is 5.11 Å². The molecule has 0 aliphatic heterocycles. The molecule has 6 radical (unpaired) electrons. The van der Waals surface area contributed by atoms with Gasteiger partial charge < -0.3 is 9.90 Å². The van der Waals surface area contributed by atoms with E-state index >= 15 is 0 Å². The molecule has 0 aromatic heterocycles. The summed E-state index contributed by atoms with van der Waals surface area (Å²) >= 11 is 0. The van der Waals surface area contributed by atoms with Gasteiger partial charge >= 0.3 is 0 Å². The molecule has 18 heteroatoms. The van der Waals surface area contributed by atoms with Crippen molar-refractivity contribution in [3.63, 3.8) is 0 Å². The molecule has 0 atom stereocenters. The summed E-state index contributed by atoms with van der Waals surface area (Å²) in [5, 5.41) is 9.59. The number of carbonyl (C=O) groups excluding carboxylic acids is 1. The van der Waals surface area contributed by atoms with E-state index in [9.17, 15) is 75.8 Å². The molecule has 0 saturated carbocycles. The molecule has 0 bridgehead atoms. The average molecular weight is 615 g/mol. The Morgan fingerprint density at radius 3 is 0.800 bits per heavy atom. The molecule has 3 rings (SSSR count). The van der Waals surface area contributed by atoms with Gasteiger partial charge in [0.2, 0.25) is 35.0 Å². The van der Waals surface area contributed by atoms with Crippen molar-refractivity contribution in [2.24, 2.45) is 5.92 Å². The maximum Gasteiger partial charge on any atom is 0.270 e. The first kappa shape index (κ1) is 38.9. The van der Waals surface area contributed by atoms with Crippen molar-refractivity contribution in [2.45, 2.75) is 13.8 Å². The van der Waals surface area contributed by atoms with Crippen LogP contribution in [0.3, 0.4) is 0 Å². The van der Waals surface area contributed by atoms with Crippen molar-refractivity contribution < 1.29 is 75.8 Å². The molecule has 2 nitrogen and oxygen atoms in total. The summed E-state index contributed by atoms with van der Waals surface area (Å²) in [4.78, 5) is 9.59. The Labute approximate surface area is 225 Å². The van der Waals surface area contributed by atoms with Crippen LogP contribution in [0.25, 0.3) is 0 Å². The molecule has 0 amide bonds. The number of hydrogen-bond donors (Lipinski definition) is 0. The lowest BCUT2D eigenvalue weighted by Gasteiger charge is -2.03. The van der Waals surface area contributed by atoms with Crippen LogP contribution in [0.2, 0.25) is 0 Å². The number of carboxylic acid groups (broad SMARTS) is 1. The molecular formula is C22H7AlF15O2-. The van der Waals surface area contributed by atoms with Crippen molar-refractivity contribution in [2.75, 3.05) is 0 Å². The number of carbonyl (C=O) groups is 1. The van der Waals surface area contributed by atoms with Gasteiger partial charge in [0, 0.05) is 23.3 Å². The zero-order chi connectivity index (χ0) is 30.9.